The molecule has 2 fully saturated rings. The number of aliphatic carboxylic acids is 1. The standard InChI is InChI=1S/C15H25NO4/c17-10-13-7-2-1-3-8-16(13)14(18)11-5-4-6-12(9-11)15(19)20/h11-13,17H,1-10H2,(H,19,20). The molecule has 3 atom stereocenters. The Kier molecular flexibility index (Phi) is 5.40. The van der Waals surface area contributed by atoms with E-state index in [4.69, 9.17) is 5.11 Å². The molecule has 2 aliphatic rings. The quantitative estimate of drug-likeness (QED) is 0.825. The molecule has 0 aromatic rings. The van der Waals surface area contributed by atoms with Gasteiger partial charge >= 0.3 is 5.97 Å². The number of carboxylic acid groups (broad SMARTS) is 1. The molecule has 0 radical (unpaired) electrons. The summed E-state index contributed by atoms with van der Waals surface area (Å²) in [6.07, 6.45) is 6.74. The first-order valence-corrected chi connectivity index (χ1v) is 7.77. The highest BCUT2D eigenvalue weighted by Crippen LogP contribution is 2.32. The van der Waals surface area contributed by atoms with E-state index in [2.05, 4.69) is 0 Å². The summed E-state index contributed by atoms with van der Waals surface area (Å²) < 4.78 is 0. The number of hydrogen-bond acceptors (Lipinski definition) is 3. The Morgan fingerprint density at radius 3 is 2.45 bits per heavy atom. The highest BCUT2D eigenvalue weighted by atomic mass is 16.4. The molecular weight excluding hydrogens is 258 g/mol. The Bertz CT molecular complexity index is 358. The maximum Gasteiger partial charge on any atom is 0.306 e. The highest BCUT2D eigenvalue weighted by molar-refractivity contribution is 5.80. The van der Waals surface area contributed by atoms with Gasteiger partial charge in [0.1, 0.15) is 0 Å². The number of carbonyl (C=O) groups excluding carboxylic acids is 1. The van der Waals surface area contributed by atoms with E-state index in [1.165, 1.54) is 0 Å². The lowest BCUT2D eigenvalue weighted by molar-refractivity contribution is -0.146. The summed E-state index contributed by atoms with van der Waals surface area (Å²) in [5.41, 5.74) is 0. The van der Waals surface area contributed by atoms with Crippen LogP contribution in [-0.4, -0.2) is 46.2 Å². The summed E-state index contributed by atoms with van der Waals surface area (Å²) >= 11 is 0. The molecule has 0 aromatic carbocycles. The summed E-state index contributed by atoms with van der Waals surface area (Å²) in [7, 11) is 0. The zero-order valence-corrected chi connectivity index (χ0v) is 12.0. The van der Waals surface area contributed by atoms with Gasteiger partial charge in [-0.25, -0.2) is 0 Å². The molecule has 0 bridgehead atoms. The Morgan fingerprint density at radius 2 is 1.75 bits per heavy atom. The Labute approximate surface area is 120 Å². The van der Waals surface area contributed by atoms with Crippen LogP contribution in [0.5, 0.6) is 0 Å². The number of amides is 1. The molecule has 5 nitrogen and oxygen atoms in total. The fourth-order valence-corrected chi connectivity index (χ4v) is 3.53. The smallest absolute Gasteiger partial charge is 0.306 e. The highest BCUT2D eigenvalue weighted by Gasteiger charge is 2.35. The summed E-state index contributed by atoms with van der Waals surface area (Å²) in [6, 6.07) is -0.0739. The number of nitrogens with zero attached hydrogens (tertiary/aromatic N) is 1. The Hall–Kier alpha value is -1.10. The molecule has 3 unspecified atom stereocenters. The van der Waals surface area contributed by atoms with Gasteiger partial charge in [-0.3, -0.25) is 9.59 Å². The largest absolute Gasteiger partial charge is 0.481 e. The van der Waals surface area contributed by atoms with Crippen LogP contribution in [0.4, 0.5) is 0 Å². The summed E-state index contributed by atoms with van der Waals surface area (Å²) in [5.74, 6) is -1.26. The molecule has 1 heterocycles. The summed E-state index contributed by atoms with van der Waals surface area (Å²) in [4.78, 5) is 25.6. The van der Waals surface area contributed by atoms with Crippen LogP contribution in [0, 0.1) is 11.8 Å². The minimum atomic E-state index is -0.780. The predicted octanol–water partition coefficient (Wildman–Crippen LogP) is 1.64. The van der Waals surface area contributed by atoms with E-state index in [1.807, 2.05) is 4.90 Å². The van der Waals surface area contributed by atoms with Crippen molar-refractivity contribution in [3.05, 3.63) is 0 Å². The molecule has 1 saturated heterocycles. The molecule has 1 amide bonds. The SMILES string of the molecule is O=C(O)C1CCCC(C(=O)N2CCCCCC2CO)C1. The lowest BCUT2D eigenvalue weighted by atomic mass is 9.80. The van der Waals surface area contributed by atoms with Gasteiger partial charge in [-0.2, -0.15) is 0 Å². The molecule has 1 aliphatic carbocycles. The minimum absolute atomic E-state index is 0.0147. The first-order valence-electron chi connectivity index (χ1n) is 7.77. The van der Waals surface area contributed by atoms with Gasteiger partial charge in [-0.05, 0) is 32.1 Å². The number of aliphatic hydroxyl groups excluding tert-OH is 1. The second kappa shape index (κ2) is 7.07. The lowest BCUT2D eigenvalue weighted by Crippen LogP contribution is -2.46. The van der Waals surface area contributed by atoms with E-state index in [0.717, 1.165) is 38.5 Å². The van der Waals surface area contributed by atoms with E-state index in [-0.39, 0.29) is 30.4 Å². The van der Waals surface area contributed by atoms with Crippen molar-refractivity contribution in [2.75, 3.05) is 13.2 Å². The van der Waals surface area contributed by atoms with Gasteiger partial charge in [-0.15, -0.1) is 0 Å². The zero-order chi connectivity index (χ0) is 14.5. The molecule has 2 N–H and O–H groups in total. The molecule has 5 heteroatoms. The van der Waals surface area contributed by atoms with Crippen LogP contribution in [0.15, 0.2) is 0 Å². The predicted molar refractivity (Wildman–Crippen MR) is 74.1 cm³/mol. The van der Waals surface area contributed by atoms with Crippen molar-refractivity contribution in [3.63, 3.8) is 0 Å². The fraction of sp³-hybridized carbons (Fsp3) is 0.867. The van der Waals surface area contributed by atoms with Crippen LogP contribution in [0.1, 0.15) is 51.4 Å². The topological polar surface area (TPSA) is 77.8 Å². The molecule has 1 aliphatic heterocycles. The molecule has 20 heavy (non-hydrogen) atoms. The first kappa shape index (κ1) is 15.3. The fourth-order valence-electron chi connectivity index (χ4n) is 3.53. The maximum absolute atomic E-state index is 12.7. The molecular formula is C15H25NO4. The van der Waals surface area contributed by atoms with Gasteiger partial charge < -0.3 is 15.1 Å². The van der Waals surface area contributed by atoms with Gasteiger partial charge in [0.2, 0.25) is 5.91 Å². The summed E-state index contributed by atoms with van der Waals surface area (Å²) in [5, 5.41) is 18.6. The second-order valence-electron chi connectivity index (χ2n) is 6.12. The van der Waals surface area contributed by atoms with Crippen LogP contribution in [-0.2, 0) is 9.59 Å². The third-order valence-corrected chi connectivity index (χ3v) is 4.74. The molecule has 0 aromatic heterocycles. The average molecular weight is 283 g/mol. The minimum Gasteiger partial charge on any atom is -0.481 e. The van der Waals surface area contributed by atoms with Crippen molar-refractivity contribution in [2.24, 2.45) is 11.8 Å². The van der Waals surface area contributed by atoms with Crippen molar-refractivity contribution in [2.45, 2.75) is 57.4 Å². The van der Waals surface area contributed by atoms with Crippen LogP contribution < -0.4 is 0 Å². The van der Waals surface area contributed by atoms with Crippen molar-refractivity contribution >= 4 is 11.9 Å². The van der Waals surface area contributed by atoms with Gasteiger partial charge in [0, 0.05) is 12.5 Å². The van der Waals surface area contributed by atoms with Crippen LogP contribution in [0.2, 0.25) is 0 Å². The number of carbonyl (C=O) groups is 2. The van der Waals surface area contributed by atoms with E-state index in [9.17, 15) is 14.7 Å². The van der Waals surface area contributed by atoms with Gasteiger partial charge in [0.25, 0.3) is 0 Å². The number of hydrogen-bond donors (Lipinski definition) is 2. The maximum atomic E-state index is 12.7. The monoisotopic (exact) mass is 283 g/mol. The van der Waals surface area contributed by atoms with E-state index >= 15 is 0 Å². The first-order chi connectivity index (χ1) is 9.63. The van der Waals surface area contributed by atoms with E-state index in [1.54, 1.807) is 0 Å². The molecule has 114 valence electrons. The van der Waals surface area contributed by atoms with Crippen molar-refractivity contribution in [1.29, 1.82) is 0 Å². The number of likely N-dealkylation sites (tertiary alicyclic amines) is 1. The van der Waals surface area contributed by atoms with Gasteiger partial charge in [-0.1, -0.05) is 19.3 Å². The Balaban J connectivity index is 2.02. The van der Waals surface area contributed by atoms with Crippen molar-refractivity contribution in [1.82, 2.24) is 4.90 Å². The third kappa shape index (κ3) is 3.51. The Morgan fingerprint density at radius 1 is 1.00 bits per heavy atom. The van der Waals surface area contributed by atoms with E-state index in [0.29, 0.717) is 19.4 Å². The second-order valence-corrected chi connectivity index (χ2v) is 6.12. The molecule has 2 rings (SSSR count). The number of rotatable bonds is 3. The number of aliphatic hydroxyl groups is 1. The van der Waals surface area contributed by atoms with Gasteiger partial charge in [0.05, 0.1) is 18.6 Å². The normalized spacial score (nSPS) is 31.6. The molecule has 1 saturated carbocycles. The van der Waals surface area contributed by atoms with Crippen LogP contribution >= 0.6 is 0 Å². The third-order valence-electron chi connectivity index (χ3n) is 4.74. The lowest BCUT2D eigenvalue weighted by Gasteiger charge is -2.34. The van der Waals surface area contributed by atoms with Crippen LogP contribution in [0.3, 0.4) is 0 Å². The van der Waals surface area contributed by atoms with Crippen molar-refractivity contribution < 1.29 is 19.8 Å². The van der Waals surface area contributed by atoms with Crippen LogP contribution in [0.25, 0.3) is 0 Å². The van der Waals surface area contributed by atoms with E-state index < -0.39 is 5.97 Å². The van der Waals surface area contributed by atoms with Crippen molar-refractivity contribution in [3.8, 4) is 0 Å². The molecule has 0 spiro atoms. The summed E-state index contributed by atoms with van der Waals surface area (Å²) in [6.45, 7) is 0.721. The average Bonchev–Trinajstić information content (AvgIpc) is 2.71. The zero-order valence-electron chi connectivity index (χ0n) is 12.0. The number of carboxylic acids is 1. The van der Waals surface area contributed by atoms with Gasteiger partial charge in [0.15, 0.2) is 0 Å².